The number of hydrogen-bond donors (Lipinski definition) is 1. The Morgan fingerprint density at radius 2 is 2.06 bits per heavy atom. The molecule has 1 N–H and O–H groups in total. The van der Waals surface area contributed by atoms with Crippen LogP contribution in [0.5, 0.6) is 0 Å². The van der Waals surface area contributed by atoms with Crippen LogP contribution in [-0.4, -0.2) is 18.1 Å². The van der Waals surface area contributed by atoms with Crippen molar-refractivity contribution in [1.29, 1.82) is 0 Å². The predicted molar refractivity (Wildman–Crippen MR) is 79.2 cm³/mol. The Balaban J connectivity index is 1.53. The van der Waals surface area contributed by atoms with Gasteiger partial charge in [0, 0.05) is 11.4 Å². The van der Waals surface area contributed by atoms with Crippen LogP contribution in [0, 0.1) is 18.8 Å². The lowest BCUT2D eigenvalue weighted by atomic mass is 9.81. The summed E-state index contributed by atoms with van der Waals surface area (Å²) in [7, 11) is 0. The summed E-state index contributed by atoms with van der Waals surface area (Å²) in [4.78, 5) is 5.73. The average Bonchev–Trinajstić information content (AvgIpc) is 2.77. The lowest BCUT2D eigenvalue weighted by Crippen LogP contribution is -2.22. The van der Waals surface area contributed by atoms with E-state index in [2.05, 4.69) is 24.1 Å². The van der Waals surface area contributed by atoms with E-state index in [-0.39, 0.29) is 0 Å². The molecule has 0 spiro atoms. The van der Waals surface area contributed by atoms with Gasteiger partial charge in [-0.15, -0.1) is 11.3 Å². The molecule has 2 rings (SSSR count). The molecular weight excluding hydrogens is 240 g/mol. The second-order valence-electron chi connectivity index (χ2n) is 5.78. The van der Waals surface area contributed by atoms with Crippen LogP contribution in [0.2, 0.25) is 0 Å². The zero-order valence-corrected chi connectivity index (χ0v) is 12.6. The smallest absolute Gasteiger partial charge is 0.0797 e. The fraction of sp³-hybridized carbons (Fsp3) is 0.800. The van der Waals surface area contributed by atoms with Gasteiger partial charge in [0.2, 0.25) is 0 Å². The summed E-state index contributed by atoms with van der Waals surface area (Å²) in [6.07, 6.45) is 8.32. The van der Waals surface area contributed by atoms with Gasteiger partial charge in [-0.2, -0.15) is 0 Å². The molecule has 1 aromatic rings. The summed E-state index contributed by atoms with van der Waals surface area (Å²) in [5.41, 5.74) is 3.16. The van der Waals surface area contributed by atoms with E-state index in [9.17, 15) is 0 Å². The number of rotatable bonds is 6. The van der Waals surface area contributed by atoms with Gasteiger partial charge in [0.15, 0.2) is 0 Å². The maximum Gasteiger partial charge on any atom is 0.0797 e. The number of nitrogens with zero attached hydrogens (tertiary/aromatic N) is 1. The largest absolute Gasteiger partial charge is 0.316 e. The molecule has 102 valence electrons. The lowest BCUT2D eigenvalue weighted by molar-refractivity contribution is 0.275. The van der Waals surface area contributed by atoms with Gasteiger partial charge in [-0.3, -0.25) is 0 Å². The van der Waals surface area contributed by atoms with Crippen LogP contribution in [0.1, 0.15) is 49.6 Å². The molecule has 0 unspecified atom stereocenters. The Morgan fingerprint density at radius 3 is 2.72 bits per heavy atom. The molecule has 1 heterocycles. The van der Waals surface area contributed by atoms with E-state index >= 15 is 0 Å². The van der Waals surface area contributed by atoms with Crippen LogP contribution in [0.25, 0.3) is 0 Å². The Hall–Kier alpha value is -0.410. The maximum absolute atomic E-state index is 4.29. The predicted octanol–water partition coefficient (Wildman–Crippen LogP) is 3.80. The molecule has 2 nitrogen and oxygen atoms in total. The summed E-state index contributed by atoms with van der Waals surface area (Å²) >= 11 is 1.78. The molecule has 0 saturated heterocycles. The first-order valence-corrected chi connectivity index (χ1v) is 8.23. The molecule has 0 radical (unpaired) electrons. The molecule has 0 atom stereocenters. The molecule has 1 saturated carbocycles. The van der Waals surface area contributed by atoms with Crippen molar-refractivity contribution in [3.63, 3.8) is 0 Å². The SMILES string of the molecule is Cc1ncsc1CCNCCC1CCC(C)CC1. The first-order valence-electron chi connectivity index (χ1n) is 7.35. The third-order valence-electron chi connectivity index (χ3n) is 4.24. The quantitative estimate of drug-likeness (QED) is 0.792. The first kappa shape index (κ1) is 14.0. The van der Waals surface area contributed by atoms with Crippen LogP contribution in [0.4, 0.5) is 0 Å². The van der Waals surface area contributed by atoms with Crippen molar-refractivity contribution in [3.8, 4) is 0 Å². The standard InChI is InChI=1S/C15H26N2S/c1-12-3-5-14(6-4-12)7-9-16-10-8-15-13(2)17-11-18-15/h11-12,14,16H,3-10H2,1-2H3. The molecule has 3 heteroatoms. The normalized spacial score (nSPS) is 24.3. The van der Waals surface area contributed by atoms with Crippen molar-refractivity contribution in [3.05, 3.63) is 16.1 Å². The van der Waals surface area contributed by atoms with Crippen molar-refractivity contribution in [2.24, 2.45) is 11.8 Å². The van der Waals surface area contributed by atoms with E-state index in [4.69, 9.17) is 0 Å². The molecule has 0 aromatic carbocycles. The first-order chi connectivity index (χ1) is 8.75. The number of aryl methyl sites for hydroxylation is 1. The molecule has 0 aliphatic heterocycles. The Kier molecular flexibility index (Phi) is 5.64. The molecule has 1 aliphatic carbocycles. The highest BCUT2D eigenvalue weighted by molar-refractivity contribution is 7.09. The number of hydrogen-bond acceptors (Lipinski definition) is 3. The van der Waals surface area contributed by atoms with Gasteiger partial charge in [-0.1, -0.05) is 32.6 Å². The molecule has 0 bridgehead atoms. The molecule has 18 heavy (non-hydrogen) atoms. The van der Waals surface area contributed by atoms with Crippen LogP contribution in [0.3, 0.4) is 0 Å². The van der Waals surface area contributed by atoms with Crippen LogP contribution >= 0.6 is 11.3 Å². The molecular formula is C15H26N2S. The molecule has 1 aliphatic rings. The van der Waals surface area contributed by atoms with E-state index in [1.807, 2.05) is 5.51 Å². The summed E-state index contributed by atoms with van der Waals surface area (Å²) in [6, 6.07) is 0. The third kappa shape index (κ3) is 4.36. The highest BCUT2D eigenvalue weighted by Crippen LogP contribution is 2.29. The third-order valence-corrected chi connectivity index (χ3v) is 5.23. The van der Waals surface area contributed by atoms with Gasteiger partial charge in [-0.05, 0) is 38.1 Å². The van der Waals surface area contributed by atoms with E-state index in [0.29, 0.717) is 0 Å². The van der Waals surface area contributed by atoms with Crippen LogP contribution in [0.15, 0.2) is 5.51 Å². The van der Waals surface area contributed by atoms with Crippen molar-refractivity contribution >= 4 is 11.3 Å². The van der Waals surface area contributed by atoms with Gasteiger partial charge < -0.3 is 5.32 Å². The Labute approximate surface area is 115 Å². The van der Waals surface area contributed by atoms with Gasteiger partial charge >= 0.3 is 0 Å². The van der Waals surface area contributed by atoms with Crippen molar-refractivity contribution in [1.82, 2.24) is 10.3 Å². The number of thiazole rings is 1. The molecule has 0 amide bonds. The second-order valence-corrected chi connectivity index (χ2v) is 6.71. The van der Waals surface area contributed by atoms with Crippen LogP contribution in [-0.2, 0) is 6.42 Å². The topological polar surface area (TPSA) is 24.9 Å². The highest BCUT2D eigenvalue weighted by atomic mass is 32.1. The van der Waals surface area contributed by atoms with Gasteiger partial charge in [0.1, 0.15) is 0 Å². The van der Waals surface area contributed by atoms with Crippen molar-refractivity contribution < 1.29 is 0 Å². The molecule has 1 fully saturated rings. The number of aromatic nitrogens is 1. The monoisotopic (exact) mass is 266 g/mol. The minimum atomic E-state index is 0.975. The van der Waals surface area contributed by atoms with E-state index in [1.54, 1.807) is 11.3 Å². The fourth-order valence-corrected chi connectivity index (χ4v) is 3.60. The van der Waals surface area contributed by atoms with E-state index in [1.165, 1.54) is 49.2 Å². The summed E-state index contributed by atoms with van der Waals surface area (Å²) in [6.45, 7) is 6.80. The maximum atomic E-state index is 4.29. The average molecular weight is 266 g/mol. The van der Waals surface area contributed by atoms with Crippen LogP contribution < -0.4 is 5.32 Å². The van der Waals surface area contributed by atoms with Crippen molar-refractivity contribution in [2.75, 3.05) is 13.1 Å². The van der Waals surface area contributed by atoms with E-state index < -0.39 is 0 Å². The lowest BCUT2D eigenvalue weighted by Gasteiger charge is -2.26. The highest BCUT2D eigenvalue weighted by Gasteiger charge is 2.17. The Morgan fingerprint density at radius 1 is 1.28 bits per heavy atom. The Bertz CT molecular complexity index is 340. The zero-order chi connectivity index (χ0) is 12.8. The minimum absolute atomic E-state index is 0.975. The molecule has 1 aromatic heterocycles. The van der Waals surface area contributed by atoms with Gasteiger partial charge in [-0.25, -0.2) is 4.98 Å². The fourth-order valence-electron chi connectivity index (χ4n) is 2.82. The second kappa shape index (κ2) is 7.25. The van der Waals surface area contributed by atoms with E-state index in [0.717, 1.165) is 24.8 Å². The van der Waals surface area contributed by atoms with Gasteiger partial charge in [0.05, 0.1) is 11.2 Å². The summed E-state index contributed by atoms with van der Waals surface area (Å²) in [5.74, 6) is 1.96. The number of nitrogens with one attached hydrogen (secondary N) is 1. The summed E-state index contributed by atoms with van der Waals surface area (Å²) < 4.78 is 0. The van der Waals surface area contributed by atoms with Crippen molar-refractivity contribution in [2.45, 2.75) is 52.4 Å². The minimum Gasteiger partial charge on any atom is -0.316 e. The zero-order valence-electron chi connectivity index (χ0n) is 11.7. The van der Waals surface area contributed by atoms with Gasteiger partial charge in [0.25, 0.3) is 0 Å². The summed E-state index contributed by atoms with van der Waals surface area (Å²) in [5, 5.41) is 3.59.